The summed E-state index contributed by atoms with van der Waals surface area (Å²) in [6.45, 7) is 5.63. The van der Waals surface area contributed by atoms with Crippen molar-refractivity contribution in [1.82, 2.24) is 0 Å². The highest BCUT2D eigenvalue weighted by molar-refractivity contribution is 5.98. The topological polar surface area (TPSA) is 9.23 Å². The molecule has 0 spiro atoms. The van der Waals surface area contributed by atoms with E-state index in [1.54, 1.807) is 0 Å². The van der Waals surface area contributed by atoms with E-state index in [0.29, 0.717) is 6.10 Å². The van der Waals surface area contributed by atoms with Gasteiger partial charge in [-0.3, -0.25) is 0 Å². The second-order valence-electron chi connectivity index (χ2n) is 1.57. The van der Waals surface area contributed by atoms with Gasteiger partial charge in [-0.05, 0) is 13.3 Å². The van der Waals surface area contributed by atoms with Crippen molar-refractivity contribution in [3.63, 3.8) is 0 Å². The Hall–Kier alpha value is -0.0831. The van der Waals surface area contributed by atoms with Gasteiger partial charge in [-0.25, -0.2) is 0 Å². The first-order valence-electron chi connectivity index (χ1n) is 2.45. The lowest BCUT2D eigenvalue weighted by molar-refractivity contribution is 0.248. The van der Waals surface area contributed by atoms with Crippen LogP contribution in [-0.2, 0) is 4.43 Å². The molecule has 2 heteroatoms. The first-order chi connectivity index (χ1) is 3.31. The lowest BCUT2D eigenvalue weighted by Gasteiger charge is -2.03. The molecular formula is C5H12OSi. The molecule has 0 aliphatic rings. The molecule has 0 heterocycles. The summed E-state index contributed by atoms with van der Waals surface area (Å²) in [5, 5.41) is 0. The molecule has 0 radical (unpaired) electrons. The van der Waals surface area contributed by atoms with Gasteiger partial charge in [0.05, 0.1) is 0 Å². The van der Waals surface area contributed by atoms with Crippen LogP contribution in [0.25, 0.3) is 0 Å². The zero-order chi connectivity index (χ0) is 5.70. The Bertz CT molecular complexity index is 54.0. The van der Waals surface area contributed by atoms with Crippen molar-refractivity contribution in [2.75, 3.05) is 0 Å². The summed E-state index contributed by atoms with van der Waals surface area (Å²) in [7, 11) is 0.839. The summed E-state index contributed by atoms with van der Waals surface area (Å²) in [4.78, 5) is 0. The Kier molecular flexibility index (Phi) is 4.04. The Balaban J connectivity index is 2.98. The second kappa shape index (κ2) is 4.09. The van der Waals surface area contributed by atoms with Crippen molar-refractivity contribution >= 4 is 10.5 Å². The molecule has 0 N–H and O–H groups in total. The fourth-order valence-electron chi connectivity index (χ4n) is 0.331. The minimum absolute atomic E-state index is 0.393. The Morgan fingerprint density at radius 1 is 2.00 bits per heavy atom. The third-order valence-corrected chi connectivity index (χ3v) is 1.71. The van der Waals surface area contributed by atoms with Gasteiger partial charge in [0.2, 0.25) is 0 Å². The molecule has 7 heavy (non-hydrogen) atoms. The maximum Gasteiger partial charge on any atom is 0.146 e. The van der Waals surface area contributed by atoms with Crippen LogP contribution in [0, 0.1) is 0 Å². The second-order valence-corrected chi connectivity index (χ2v) is 2.04. The zero-order valence-electron chi connectivity index (χ0n) is 4.98. The van der Waals surface area contributed by atoms with E-state index in [4.69, 9.17) is 4.43 Å². The molecule has 0 aliphatic heterocycles. The number of rotatable bonds is 3. The van der Waals surface area contributed by atoms with E-state index in [1.165, 1.54) is 0 Å². The molecule has 0 aromatic carbocycles. The minimum Gasteiger partial charge on any atom is -0.425 e. The molecule has 0 aliphatic carbocycles. The summed E-state index contributed by atoms with van der Waals surface area (Å²) < 4.78 is 5.06. The Labute approximate surface area is 47.9 Å². The molecule has 42 valence electrons. The van der Waals surface area contributed by atoms with E-state index < -0.39 is 0 Å². The van der Waals surface area contributed by atoms with Crippen LogP contribution >= 0.6 is 0 Å². The average Bonchev–Trinajstić information content (AvgIpc) is 1.68. The quantitative estimate of drug-likeness (QED) is 0.379. The highest BCUT2D eigenvalue weighted by atomic mass is 28.2. The summed E-state index contributed by atoms with van der Waals surface area (Å²) in [5.41, 5.74) is 0. The van der Waals surface area contributed by atoms with Crippen molar-refractivity contribution in [2.45, 2.75) is 19.4 Å². The summed E-state index contributed by atoms with van der Waals surface area (Å²) in [5.74, 6) is 0. The molecule has 0 amide bonds. The van der Waals surface area contributed by atoms with Crippen molar-refractivity contribution in [3.05, 3.63) is 12.7 Å². The van der Waals surface area contributed by atoms with Gasteiger partial charge in [0.1, 0.15) is 10.5 Å². The fraction of sp³-hybridized carbons (Fsp3) is 0.600. The van der Waals surface area contributed by atoms with Gasteiger partial charge >= 0.3 is 0 Å². The first kappa shape index (κ1) is 6.92. The number of hydrogen-bond acceptors (Lipinski definition) is 1. The normalized spacial score (nSPS) is 13.9. The first-order valence-corrected chi connectivity index (χ1v) is 3.26. The van der Waals surface area contributed by atoms with Crippen LogP contribution < -0.4 is 0 Å². The average molecular weight is 116 g/mol. The predicted molar refractivity (Wildman–Crippen MR) is 35.3 cm³/mol. The van der Waals surface area contributed by atoms with E-state index in [9.17, 15) is 0 Å². The SMILES string of the molecule is C=CCC(C)O[SiH3]. The molecule has 1 nitrogen and oxygen atoms in total. The number of hydrogen-bond donors (Lipinski definition) is 0. The third kappa shape index (κ3) is 3.75. The lowest BCUT2D eigenvalue weighted by atomic mass is 10.3. The van der Waals surface area contributed by atoms with E-state index in [-0.39, 0.29) is 0 Å². The van der Waals surface area contributed by atoms with Gasteiger partial charge in [0, 0.05) is 6.10 Å². The molecular weight excluding hydrogens is 104 g/mol. The van der Waals surface area contributed by atoms with Crippen LogP contribution in [0.2, 0.25) is 0 Å². The molecule has 1 atom stereocenters. The molecule has 0 rings (SSSR count). The van der Waals surface area contributed by atoms with Crippen LogP contribution in [0.5, 0.6) is 0 Å². The summed E-state index contributed by atoms with van der Waals surface area (Å²) in [6, 6.07) is 0. The molecule has 0 aromatic rings. The van der Waals surface area contributed by atoms with Crippen LogP contribution in [0.1, 0.15) is 13.3 Å². The highest BCUT2D eigenvalue weighted by Gasteiger charge is 1.89. The lowest BCUT2D eigenvalue weighted by Crippen LogP contribution is -2.02. The molecule has 0 aromatic heterocycles. The van der Waals surface area contributed by atoms with Gasteiger partial charge in [0.15, 0.2) is 0 Å². The van der Waals surface area contributed by atoms with Crippen molar-refractivity contribution in [1.29, 1.82) is 0 Å². The predicted octanol–water partition coefficient (Wildman–Crippen LogP) is 0.248. The standard InChI is InChI=1S/C5H12OSi/c1-3-4-5(2)6-7/h3,5H,1,4H2,2,7H3. The Morgan fingerprint density at radius 2 is 2.57 bits per heavy atom. The van der Waals surface area contributed by atoms with Gasteiger partial charge in [-0.1, -0.05) is 6.08 Å². The zero-order valence-corrected chi connectivity index (χ0v) is 6.98. The summed E-state index contributed by atoms with van der Waals surface area (Å²) >= 11 is 0. The fourth-order valence-corrected chi connectivity index (χ4v) is 0.523. The van der Waals surface area contributed by atoms with E-state index >= 15 is 0 Å². The van der Waals surface area contributed by atoms with E-state index in [2.05, 4.69) is 13.5 Å². The largest absolute Gasteiger partial charge is 0.425 e. The van der Waals surface area contributed by atoms with E-state index in [1.807, 2.05) is 6.08 Å². The smallest absolute Gasteiger partial charge is 0.146 e. The Morgan fingerprint density at radius 3 is 2.71 bits per heavy atom. The van der Waals surface area contributed by atoms with Crippen LogP contribution in [-0.4, -0.2) is 16.6 Å². The monoisotopic (exact) mass is 116 g/mol. The molecule has 0 saturated carbocycles. The minimum atomic E-state index is 0.393. The van der Waals surface area contributed by atoms with Crippen LogP contribution in [0.15, 0.2) is 12.7 Å². The molecule has 1 unspecified atom stereocenters. The van der Waals surface area contributed by atoms with Crippen molar-refractivity contribution in [3.8, 4) is 0 Å². The maximum atomic E-state index is 5.06. The highest BCUT2D eigenvalue weighted by Crippen LogP contribution is 1.92. The van der Waals surface area contributed by atoms with Gasteiger partial charge in [-0.15, -0.1) is 6.58 Å². The van der Waals surface area contributed by atoms with Gasteiger partial charge < -0.3 is 4.43 Å². The van der Waals surface area contributed by atoms with Crippen LogP contribution in [0.3, 0.4) is 0 Å². The van der Waals surface area contributed by atoms with Gasteiger partial charge in [0.25, 0.3) is 0 Å². The molecule has 0 bridgehead atoms. The van der Waals surface area contributed by atoms with Crippen molar-refractivity contribution < 1.29 is 4.43 Å². The molecule has 0 fully saturated rings. The van der Waals surface area contributed by atoms with Crippen molar-refractivity contribution in [2.24, 2.45) is 0 Å². The third-order valence-electron chi connectivity index (χ3n) is 0.901. The summed E-state index contributed by atoms with van der Waals surface area (Å²) in [6.07, 6.45) is 3.25. The van der Waals surface area contributed by atoms with E-state index in [0.717, 1.165) is 16.9 Å². The molecule has 0 saturated heterocycles. The van der Waals surface area contributed by atoms with Gasteiger partial charge in [-0.2, -0.15) is 0 Å². The van der Waals surface area contributed by atoms with Crippen LogP contribution in [0.4, 0.5) is 0 Å². The maximum absolute atomic E-state index is 5.06.